The third kappa shape index (κ3) is 2.63. The zero-order valence-corrected chi connectivity index (χ0v) is 14.0. The SMILES string of the molecule is Cc1cnccc1OC1CCN(c2ncnc3c(C)csc23)C1. The lowest BCUT2D eigenvalue weighted by Gasteiger charge is -2.19. The first-order chi connectivity index (χ1) is 11.2. The highest BCUT2D eigenvalue weighted by molar-refractivity contribution is 7.18. The number of rotatable bonds is 3. The quantitative estimate of drug-likeness (QED) is 0.739. The van der Waals surface area contributed by atoms with E-state index in [0.29, 0.717) is 0 Å². The van der Waals surface area contributed by atoms with Gasteiger partial charge in [-0.05, 0) is 30.9 Å². The average molecular weight is 326 g/mol. The van der Waals surface area contributed by atoms with Crippen LogP contribution in [0, 0.1) is 13.8 Å². The first kappa shape index (κ1) is 14.4. The van der Waals surface area contributed by atoms with Crippen molar-refractivity contribution in [1.29, 1.82) is 0 Å². The van der Waals surface area contributed by atoms with Gasteiger partial charge >= 0.3 is 0 Å². The maximum absolute atomic E-state index is 6.15. The van der Waals surface area contributed by atoms with Crippen molar-refractivity contribution in [3.63, 3.8) is 0 Å². The lowest BCUT2D eigenvalue weighted by Crippen LogP contribution is -2.25. The molecule has 1 saturated heterocycles. The van der Waals surface area contributed by atoms with Gasteiger partial charge in [0, 0.05) is 30.9 Å². The summed E-state index contributed by atoms with van der Waals surface area (Å²) in [5, 5.41) is 2.15. The predicted octanol–water partition coefficient (Wildman–Crippen LogP) is 3.36. The number of pyridine rings is 1. The number of anilines is 1. The molecule has 4 heterocycles. The van der Waals surface area contributed by atoms with Gasteiger partial charge in [-0.15, -0.1) is 11.3 Å². The number of hydrogen-bond acceptors (Lipinski definition) is 6. The maximum Gasteiger partial charge on any atom is 0.150 e. The second-order valence-corrected chi connectivity index (χ2v) is 6.79. The fraction of sp³-hybridized carbons (Fsp3) is 0.353. The highest BCUT2D eigenvalue weighted by atomic mass is 32.1. The molecule has 1 aliphatic heterocycles. The fourth-order valence-electron chi connectivity index (χ4n) is 2.97. The first-order valence-corrected chi connectivity index (χ1v) is 8.61. The summed E-state index contributed by atoms with van der Waals surface area (Å²) < 4.78 is 7.33. The molecule has 0 aliphatic carbocycles. The lowest BCUT2D eigenvalue weighted by atomic mass is 10.2. The van der Waals surface area contributed by atoms with E-state index in [1.54, 1.807) is 23.9 Å². The van der Waals surface area contributed by atoms with Crippen LogP contribution in [0.4, 0.5) is 5.82 Å². The smallest absolute Gasteiger partial charge is 0.150 e. The molecule has 1 aliphatic rings. The normalized spacial score (nSPS) is 17.8. The molecule has 1 fully saturated rings. The largest absolute Gasteiger partial charge is 0.488 e. The Kier molecular flexibility index (Phi) is 3.61. The first-order valence-electron chi connectivity index (χ1n) is 7.73. The third-order valence-corrected chi connectivity index (χ3v) is 5.30. The molecule has 0 N–H and O–H groups in total. The second kappa shape index (κ2) is 5.77. The van der Waals surface area contributed by atoms with E-state index >= 15 is 0 Å². The Labute approximate surface area is 139 Å². The molecule has 0 saturated carbocycles. The summed E-state index contributed by atoms with van der Waals surface area (Å²) in [6.45, 7) is 5.93. The molecule has 3 aromatic rings. The Balaban J connectivity index is 1.55. The van der Waals surface area contributed by atoms with Crippen molar-refractivity contribution >= 4 is 27.4 Å². The van der Waals surface area contributed by atoms with Crippen molar-refractivity contribution in [2.75, 3.05) is 18.0 Å². The van der Waals surface area contributed by atoms with E-state index in [9.17, 15) is 0 Å². The number of fused-ring (bicyclic) bond motifs is 1. The zero-order valence-electron chi connectivity index (χ0n) is 13.2. The Morgan fingerprint density at radius 2 is 2.17 bits per heavy atom. The van der Waals surface area contributed by atoms with E-state index in [0.717, 1.165) is 42.2 Å². The van der Waals surface area contributed by atoms with Crippen LogP contribution in [0.2, 0.25) is 0 Å². The van der Waals surface area contributed by atoms with E-state index in [4.69, 9.17) is 4.74 Å². The minimum Gasteiger partial charge on any atom is -0.488 e. The van der Waals surface area contributed by atoms with Gasteiger partial charge in [-0.3, -0.25) is 4.98 Å². The number of aryl methyl sites for hydroxylation is 2. The summed E-state index contributed by atoms with van der Waals surface area (Å²) in [7, 11) is 0. The lowest BCUT2D eigenvalue weighted by molar-refractivity contribution is 0.223. The topological polar surface area (TPSA) is 51.1 Å². The van der Waals surface area contributed by atoms with Gasteiger partial charge < -0.3 is 9.64 Å². The number of ether oxygens (including phenoxy) is 1. The molecule has 5 nitrogen and oxygen atoms in total. The molecule has 1 atom stereocenters. The minimum atomic E-state index is 0.183. The van der Waals surface area contributed by atoms with Gasteiger partial charge in [-0.1, -0.05) is 0 Å². The number of aromatic nitrogens is 3. The van der Waals surface area contributed by atoms with E-state index in [1.165, 1.54) is 10.3 Å². The molecule has 1 unspecified atom stereocenters. The van der Waals surface area contributed by atoms with Crippen LogP contribution in [0.25, 0.3) is 10.2 Å². The Bertz CT molecular complexity index is 847. The highest BCUT2D eigenvalue weighted by Gasteiger charge is 2.27. The van der Waals surface area contributed by atoms with Gasteiger partial charge in [-0.2, -0.15) is 0 Å². The van der Waals surface area contributed by atoms with Gasteiger partial charge in [-0.25, -0.2) is 9.97 Å². The van der Waals surface area contributed by atoms with Crippen molar-refractivity contribution in [3.8, 4) is 5.75 Å². The molecular formula is C17H18N4OS. The maximum atomic E-state index is 6.15. The summed E-state index contributed by atoms with van der Waals surface area (Å²) in [6.07, 6.45) is 6.46. The number of thiophene rings is 1. The van der Waals surface area contributed by atoms with Crippen LogP contribution in [0.3, 0.4) is 0 Å². The molecule has 23 heavy (non-hydrogen) atoms. The molecule has 118 valence electrons. The van der Waals surface area contributed by atoms with Gasteiger partial charge in [0.2, 0.25) is 0 Å². The van der Waals surface area contributed by atoms with Crippen LogP contribution in [0.1, 0.15) is 17.5 Å². The summed E-state index contributed by atoms with van der Waals surface area (Å²) in [4.78, 5) is 15.3. The molecule has 0 aromatic carbocycles. The molecule has 6 heteroatoms. The molecular weight excluding hydrogens is 308 g/mol. The van der Waals surface area contributed by atoms with Gasteiger partial charge in [0.15, 0.2) is 0 Å². The molecule has 0 bridgehead atoms. The van der Waals surface area contributed by atoms with E-state index in [-0.39, 0.29) is 6.10 Å². The summed E-state index contributed by atoms with van der Waals surface area (Å²) in [5.41, 5.74) is 3.35. The molecule has 0 amide bonds. The van der Waals surface area contributed by atoms with E-state index in [2.05, 4.69) is 32.2 Å². The highest BCUT2D eigenvalue weighted by Crippen LogP contribution is 2.33. The molecule has 4 rings (SSSR count). The Hall–Kier alpha value is -2.21. The minimum absolute atomic E-state index is 0.183. The Morgan fingerprint density at radius 3 is 3.04 bits per heavy atom. The van der Waals surface area contributed by atoms with Crippen molar-refractivity contribution in [2.24, 2.45) is 0 Å². The van der Waals surface area contributed by atoms with Crippen LogP contribution in [-0.4, -0.2) is 34.1 Å². The van der Waals surface area contributed by atoms with Crippen molar-refractivity contribution < 1.29 is 4.74 Å². The molecule has 0 spiro atoms. The van der Waals surface area contributed by atoms with Crippen LogP contribution in [0.15, 0.2) is 30.2 Å². The van der Waals surface area contributed by atoms with E-state index < -0.39 is 0 Å². The van der Waals surface area contributed by atoms with Crippen LogP contribution in [0.5, 0.6) is 5.75 Å². The van der Waals surface area contributed by atoms with Gasteiger partial charge in [0.05, 0.1) is 16.8 Å². The summed E-state index contributed by atoms with van der Waals surface area (Å²) in [5.74, 6) is 1.96. The van der Waals surface area contributed by atoms with Crippen LogP contribution < -0.4 is 9.64 Å². The molecule has 0 radical (unpaired) electrons. The van der Waals surface area contributed by atoms with Crippen LogP contribution >= 0.6 is 11.3 Å². The molecule has 3 aromatic heterocycles. The third-order valence-electron chi connectivity index (χ3n) is 4.22. The fourth-order valence-corrected chi connectivity index (χ4v) is 3.99. The summed E-state index contributed by atoms with van der Waals surface area (Å²) in [6, 6.07) is 1.93. The number of hydrogen-bond donors (Lipinski definition) is 0. The standard InChI is InChI=1S/C17H18N4OS/c1-11-7-18-5-3-14(11)22-13-4-6-21(8-13)17-16-15(19-10-20-17)12(2)9-23-16/h3,5,7,9-10,13H,4,6,8H2,1-2H3. The summed E-state index contributed by atoms with van der Waals surface area (Å²) >= 11 is 1.72. The second-order valence-electron chi connectivity index (χ2n) is 5.91. The number of nitrogens with zero attached hydrogens (tertiary/aromatic N) is 4. The Morgan fingerprint density at radius 1 is 1.26 bits per heavy atom. The zero-order chi connectivity index (χ0) is 15.8. The average Bonchev–Trinajstić information content (AvgIpc) is 3.17. The monoisotopic (exact) mass is 326 g/mol. The van der Waals surface area contributed by atoms with Gasteiger partial charge in [0.1, 0.15) is 24.0 Å². The van der Waals surface area contributed by atoms with Gasteiger partial charge in [0.25, 0.3) is 0 Å². The van der Waals surface area contributed by atoms with Crippen molar-refractivity contribution in [3.05, 3.63) is 41.3 Å². The van der Waals surface area contributed by atoms with Crippen LogP contribution in [-0.2, 0) is 0 Å². The predicted molar refractivity (Wildman–Crippen MR) is 92.4 cm³/mol. The van der Waals surface area contributed by atoms with Crippen molar-refractivity contribution in [1.82, 2.24) is 15.0 Å². The van der Waals surface area contributed by atoms with Crippen molar-refractivity contribution in [2.45, 2.75) is 26.4 Å². The van der Waals surface area contributed by atoms with E-state index in [1.807, 2.05) is 19.2 Å².